The molecule has 0 spiro atoms. The summed E-state index contributed by atoms with van der Waals surface area (Å²) in [6.07, 6.45) is 11.5. The van der Waals surface area contributed by atoms with E-state index in [1.807, 2.05) is 26.1 Å². The van der Waals surface area contributed by atoms with Crippen molar-refractivity contribution in [3.63, 3.8) is 0 Å². The largest absolute Gasteiger partial charge is 0.345 e. The number of likely N-dealkylation sites (N-methyl/N-ethyl adjacent to an activating group) is 1. The smallest absolute Gasteiger partial charge is 0.226 e. The minimum Gasteiger partial charge on any atom is -0.345 e. The van der Waals surface area contributed by atoms with Gasteiger partial charge in [0.2, 0.25) is 5.91 Å². The molecule has 0 radical (unpaired) electrons. The summed E-state index contributed by atoms with van der Waals surface area (Å²) in [5.41, 5.74) is 2.80. The molecule has 1 aliphatic carbocycles. The van der Waals surface area contributed by atoms with Gasteiger partial charge in [0.05, 0.1) is 11.7 Å². The summed E-state index contributed by atoms with van der Waals surface area (Å²) >= 11 is 0. The molecule has 5 rings (SSSR count). The maximum atomic E-state index is 14.3. The maximum Gasteiger partial charge on any atom is 0.226 e. The molecule has 0 unspecified atom stereocenters. The summed E-state index contributed by atoms with van der Waals surface area (Å²) in [6, 6.07) is 6.64. The van der Waals surface area contributed by atoms with Crippen molar-refractivity contribution in [2.75, 3.05) is 13.6 Å². The molecule has 38 heavy (non-hydrogen) atoms. The number of fused-ring (bicyclic) bond motifs is 1. The molecule has 1 saturated heterocycles. The molecular formula is C30H40FN5O2. The second-order valence-corrected chi connectivity index (χ2v) is 11.2. The lowest BCUT2D eigenvalue weighted by molar-refractivity contribution is -0.141. The molecule has 2 aliphatic rings. The van der Waals surface area contributed by atoms with Gasteiger partial charge in [0, 0.05) is 67.4 Å². The van der Waals surface area contributed by atoms with Crippen LogP contribution in [0.3, 0.4) is 0 Å². The Bertz CT molecular complexity index is 1290. The number of hydrogen-bond donors (Lipinski definition) is 1. The average molecular weight is 522 g/mol. The number of aromatic nitrogens is 3. The zero-order valence-corrected chi connectivity index (χ0v) is 22.8. The third kappa shape index (κ3) is 5.28. The van der Waals surface area contributed by atoms with E-state index in [0.29, 0.717) is 13.0 Å². The van der Waals surface area contributed by atoms with Gasteiger partial charge in [-0.2, -0.15) is 5.10 Å². The van der Waals surface area contributed by atoms with Crippen LogP contribution < -0.4 is 5.32 Å². The molecule has 1 aromatic carbocycles. The molecule has 1 saturated carbocycles. The molecular weight excluding hydrogens is 481 g/mol. The lowest BCUT2D eigenvalue weighted by atomic mass is 9.76. The van der Waals surface area contributed by atoms with Crippen LogP contribution in [0.1, 0.15) is 58.3 Å². The van der Waals surface area contributed by atoms with E-state index in [0.717, 1.165) is 67.2 Å². The summed E-state index contributed by atoms with van der Waals surface area (Å²) < 4.78 is 18.2. The van der Waals surface area contributed by atoms with Gasteiger partial charge in [-0.15, -0.1) is 0 Å². The quantitative estimate of drug-likeness (QED) is 0.433. The van der Waals surface area contributed by atoms with Crippen LogP contribution in [0.4, 0.5) is 4.39 Å². The monoisotopic (exact) mass is 521 g/mol. The number of hydrogen-bond acceptors (Lipinski definition) is 4. The fraction of sp³-hybridized carbons (Fsp3) is 0.567. The van der Waals surface area contributed by atoms with Crippen LogP contribution >= 0.6 is 0 Å². The first-order chi connectivity index (χ1) is 18.4. The van der Waals surface area contributed by atoms with E-state index >= 15 is 0 Å². The number of ketones is 1. The molecule has 2 fully saturated rings. The SMILES string of the molecule is CN[C@@H](C)C(=O)C[C@H](C(=O)N1CCC[C@H]1Cn1cc(-c2ccnn2C)c2cc(F)ccc21)C1CCCCC1. The number of nitrogens with zero attached hydrogens (tertiary/aromatic N) is 4. The van der Waals surface area contributed by atoms with E-state index in [-0.39, 0.29) is 41.4 Å². The highest BCUT2D eigenvalue weighted by Crippen LogP contribution is 2.36. The molecule has 3 heterocycles. The Kier molecular flexibility index (Phi) is 7.98. The van der Waals surface area contributed by atoms with Gasteiger partial charge in [-0.1, -0.05) is 19.3 Å². The Labute approximate surface area is 224 Å². The number of aryl methyl sites for hydroxylation is 1. The fourth-order valence-electron chi connectivity index (χ4n) is 6.56. The predicted molar refractivity (Wildman–Crippen MR) is 147 cm³/mol. The van der Waals surface area contributed by atoms with Gasteiger partial charge in [-0.3, -0.25) is 14.3 Å². The van der Waals surface area contributed by atoms with Crippen LogP contribution in [-0.4, -0.2) is 56.6 Å². The van der Waals surface area contributed by atoms with Crippen LogP contribution in [0.5, 0.6) is 0 Å². The lowest BCUT2D eigenvalue weighted by Gasteiger charge is -2.35. The minimum atomic E-state index is -0.271. The summed E-state index contributed by atoms with van der Waals surface area (Å²) in [6.45, 7) is 3.25. The van der Waals surface area contributed by atoms with Crippen molar-refractivity contribution in [2.24, 2.45) is 18.9 Å². The first-order valence-electron chi connectivity index (χ1n) is 14.1. The van der Waals surface area contributed by atoms with Crippen molar-refractivity contribution >= 4 is 22.6 Å². The van der Waals surface area contributed by atoms with Gasteiger partial charge in [0.25, 0.3) is 0 Å². The standard InChI is InChI=1S/C30H40FN5O2/c1-20(32-2)29(37)17-24(21-8-5-4-6-9-21)30(38)36-15-7-10-23(36)18-35-19-26(27-13-14-33-34(27)3)25-16-22(31)11-12-28(25)35/h11-14,16,19-21,23-24,32H,4-10,15,17-18H2,1-3H3/t20-,23-,24-/m0/s1. The van der Waals surface area contributed by atoms with Crippen LogP contribution in [0.2, 0.25) is 0 Å². The van der Waals surface area contributed by atoms with Crippen molar-refractivity contribution < 1.29 is 14.0 Å². The zero-order valence-electron chi connectivity index (χ0n) is 22.8. The molecule has 3 aromatic rings. The zero-order chi connectivity index (χ0) is 26.8. The van der Waals surface area contributed by atoms with Gasteiger partial charge < -0.3 is 14.8 Å². The van der Waals surface area contributed by atoms with Gasteiger partial charge in [0.1, 0.15) is 11.6 Å². The number of amides is 1. The summed E-state index contributed by atoms with van der Waals surface area (Å²) in [4.78, 5) is 29.1. The molecule has 0 bridgehead atoms. The van der Waals surface area contributed by atoms with E-state index < -0.39 is 0 Å². The number of rotatable bonds is 9. The van der Waals surface area contributed by atoms with Crippen molar-refractivity contribution in [3.8, 4) is 11.3 Å². The fourth-order valence-corrected chi connectivity index (χ4v) is 6.56. The highest BCUT2D eigenvalue weighted by molar-refractivity contribution is 5.95. The van der Waals surface area contributed by atoms with Gasteiger partial charge in [-0.05, 0) is 69.8 Å². The second kappa shape index (κ2) is 11.4. The van der Waals surface area contributed by atoms with Crippen LogP contribution in [0.15, 0.2) is 36.7 Å². The normalized spacial score (nSPS) is 20.2. The Hall–Kier alpha value is -3.00. The van der Waals surface area contributed by atoms with E-state index in [1.165, 1.54) is 12.5 Å². The van der Waals surface area contributed by atoms with E-state index in [9.17, 15) is 14.0 Å². The number of halogens is 1. The highest BCUT2D eigenvalue weighted by Gasteiger charge is 2.39. The Morgan fingerprint density at radius 1 is 1.13 bits per heavy atom. The number of carbonyl (C=O) groups excluding carboxylic acids is 2. The van der Waals surface area contributed by atoms with Crippen molar-refractivity contribution in [2.45, 2.75) is 76.9 Å². The Morgan fingerprint density at radius 2 is 1.92 bits per heavy atom. The maximum absolute atomic E-state index is 14.3. The number of benzene rings is 1. The van der Waals surface area contributed by atoms with Crippen LogP contribution in [0.25, 0.3) is 22.2 Å². The lowest BCUT2D eigenvalue weighted by Crippen LogP contribution is -2.45. The van der Waals surface area contributed by atoms with Gasteiger partial charge in [-0.25, -0.2) is 4.39 Å². The second-order valence-electron chi connectivity index (χ2n) is 11.2. The average Bonchev–Trinajstić information content (AvgIpc) is 3.65. The molecule has 8 heteroatoms. The molecule has 2 aromatic heterocycles. The third-order valence-corrected chi connectivity index (χ3v) is 8.88. The third-order valence-electron chi connectivity index (χ3n) is 8.88. The van der Waals surface area contributed by atoms with Crippen LogP contribution in [-0.2, 0) is 23.2 Å². The Balaban J connectivity index is 1.42. The minimum absolute atomic E-state index is 0.0467. The molecule has 1 aliphatic heterocycles. The number of nitrogens with one attached hydrogen (secondary N) is 1. The van der Waals surface area contributed by atoms with E-state index in [2.05, 4.69) is 26.1 Å². The number of Topliss-reactive ketones (excluding diaryl/α,β-unsaturated/α-hetero) is 1. The highest BCUT2D eigenvalue weighted by atomic mass is 19.1. The van der Waals surface area contributed by atoms with Crippen molar-refractivity contribution in [3.05, 3.63) is 42.5 Å². The molecule has 1 N–H and O–H groups in total. The van der Waals surface area contributed by atoms with Gasteiger partial charge in [0.15, 0.2) is 0 Å². The van der Waals surface area contributed by atoms with E-state index in [4.69, 9.17) is 0 Å². The molecule has 3 atom stereocenters. The Morgan fingerprint density at radius 3 is 2.63 bits per heavy atom. The number of likely N-dealkylation sites (tertiary alicyclic amines) is 1. The topological polar surface area (TPSA) is 72.2 Å². The summed E-state index contributed by atoms with van der Waals surface area (Å²) in [5.74, 6) is 0.0148. The van der Waals surface area contributed by atoms with Crippen LogP contribution in [0, 0.1) is 17.7 Å². The molecule has 204 valence electrons. The first-order valence-corrected chi connectivity index (χ1v) is 14.1. The predicted octanol–water partition coefficient (Wildman–Crippen LogP) is 4.94. The summed E-state index contributed by atoms with van der Waals surface area (Å²) in [5, 5.41) is 8.20. The summed E-state index contributed by atoms with van der Waals surface area (Å²) in [7, 11) is 3.68. The first kappa shape index (κ1) is 26.6. The van der Waals surface area contributed by atoms with E-state index in [1.54, 1.807) is 24.0 Å². The van der Waals surface area contributed by atoms with Crippen molar-refractivity contribution in [1.29, 1.82) is 0 Å². The van der Waals surface area contributed by atoms with Gasteiger partial charge >= 0.3 is 0 Å². The molecule has 1 amide bonds. The van der Waals surface area contributed by atoms with Crippen molar-refractivity contribution in [1.82, 2.24) is 24.6 Å². The number of carbonyl (C=O) groups is 2. The molecule has 7 nitrogen and oxygen atoms in total.